The first-order chi connectivity index (χ1) is 15.9. The molecule has 6 nitrogen and oxygen atoms in total. The highest BCUT2D eigenvalue weighted by Gasteiger charge is 2.24. The van der Waals surface area contributed by atoms with Gasteiger partial charge in [-0.05, 0) is 65.9 Å². The predicted molar refractivity (Wildman–Crippen MR) is 129 cm³/mol. The van der Waals surface area contributed by atoms with E-state index >= 15 is 0 Å². The molecule has 0 saturated carbocycles. The van der Waals surface area contributed by atoms with Gasteiger partial charge in [-0.15, -0.1) is 0 Å². The van der Waals surface area contributed by atoms with Gasteiger partial charge in [0.15, 0.2) is 0 Å². The maximum Gasteiger partial charge on any atom is 0.261 e. The number of rotatable bonds is 5. The maximum absolute atomic E-state index is 12.9. The van der Waals surface area contributed by atoms with Crippen LogP contribution < -0.4 is 14.4 Å². The third-order valence-electron chi connectivity index (χ3n) is 5.72. The van der Waals surface area contributed by atoms with Crippen molar-refractivity contribution < 1.29 is 17.9 Å². The van der Waals surface area contributed by atoms with Gasteiger partial charge in [0.1, 0.15) is 11.5 Å². The second-order valence-electron chi connectivity index (χ2n) is 7.92. The summed E-state index contributed by atoms with van der Waals surface area (Å²) in [6.07, 6.45) is 0.637. The second kappa shape index (κ2) is 8.26. The zero-order valence-corrected chi connectivity index (χ0v) is 18.8. The first kappa shape index (κ1) is 21.0. The Kier molecular flexibility index (Phi) is 5.26. The number of fused-ring (bicyclic) bond motifs is 2. The van der Waals surface area contributed by atoms with Crippen LogP contribution in [0.4, 0.5) is 11.4 Å². The van der Waals surface area contributed by atoms with Crippen LogP contribution in [0.5, 0.6) is 11.5 Å². The second-order valence-corrected chi connectivity index (χ2v) is 9.60. The van der Waals surface area contributed by atoms with Gasteiger partial charge in [0.25, 0.3) is 10.0 Å². The van der Waals surface area contributed by atoms with E-state index in [2.05, 4.69) is 4.72 Å². The number of hydrogen-bond donors (Lipinski definition) is 1. The number of sulfonamides is 1. The van der Waals surface area contributed by atoms with Crippen molar-refractivity contribution in [1.82, 2.24) is 0 Å². The van der Waals surface area contributed by atoms with Crippen molar-refractivity contribution in [2.75, 3.05) is 16.2 Å². The number of nitrogens with zero attached hydrogens (tertiary/aromatic N) is 1. The van der Waals surface area contributed by atoms with Gasteiger partial charge in [-0.25, -0.2) is 8.42 Å². The van der Waals surface area contributed by atoms with Gasteiger partial charge in [-0.2, -0.15) is 0 Å². The van der Waals surface area contributed by atoms with Crippen LogP contribution in [0.15, 0.2) is 89.8 Å². The van der Waals surface area contributed by atoms with Gasteiger partial charge in [0, 0.05) is 30.2 Å². The first-order valence-corrected chi connectivity index (χ1v) is 12.1. The highest BCUT2D eigenvalue weighted by atomic mass is 32.2. The molecule has 4 aromatic rings. The summed E-state index contributed by atoms with van der Waals surface area (Å²) in [6, 6.07) is 25.5. The van der Waals surface area contributed by atoms with Crippen molar-refractivity contribution in [3.05, 3.63) is 90.5 Å². The van der Waals surface area contributed by atoms with Gasteiger partial charge in [-0.3, -0.25) is 9.52 Å². The molecule has 1 amide bonds. The lowest BCUT2D eigenvalue weighted by Crippen LogP contribution is -2.25. The molecule has 0 aromatic heterocycles. The quantitative estimate of drug-likeness (QED) is 0.438. The third-order valence-corrected chi connectivity index (χ3v) is 7.10. The lowest BCUT2D eigenvalue weighted by Gasteiger charge is -2.15. The number of benzene rings is 4. The van der Waals surface area contributed by atoms with Gasteiger partial charge < -0.3 is 9.64 Å². The molecule has 166 valence electrons. The Balaban J connectivity index is 1.33. The molecule has 33 heavy (non-hydrogen) atoms. The highest BCUT2D eigenvalue weighted by Crippen LogP contribution is 2.32. The van der Waals surface area contributed by atoms with E-state index in [0.717, 1.165) is 27.8 Å². The fourth-order valence-corrected chi connectivity index (χ4v) is 5.20. The van der Waals surface area contributed by atoms with Gasteiger partial charge in [0.2, 0.25) is 5.91 Å². The van der Waals surface area contributed by atoms with Crippen molar-refractivity contribution in [2.24, 2.45) is 0 Å². The van der Waals surface area contributed by atoms with E-state index in [4.69, 9.17) is 4.74 Å². The Morgan fingerprint density at radius 2 is 1.70 bits per heavy atom. The number of hydrogen-bond acceptors (Lipinski definition) is 4. The Labute approximate surface area is 192 Å². The Bertz CT molecular complexity index is 1460. The number of anilines is 2. The summed E-state index contributed by atoms with van der Waals surface area (Å²) in [5, 5.41) is 2.09. The van der Waals surface area contributed by atoms with Crippen LogP contribution in [0, 0.1) is 0 Å². The van der Waals surface area contributed by atoms with Crippen LogP contribution in [0.25, 0.3) is 10.8 Å². The number of ether oxygens (including phenoxy) is 1. The molecule has 0 unspecified atom stereocenters. The number of carbonyl (C=O) groups is 1. The van der Waals surface area contributed by atoms with E-state index in [1.165, 1.54) is 13.0 Å². The standard InChI is InChI=1S/C26H22N2O4S/c1-18(29)28-16-15-20-17-23(13-14-25(20)28)33(30,31)27-21-9-11-22(12-10-21)32-26-8-4-6-19-5-2-3-7-24(19)26/h2-14,17,27H,15-16H2,1H3. The predicted octanol–water partition coefficient (Wildman–Crippen LogP) is 5.34. The Morgan fingerprint density at radius 1 is 0.939 bits per heavy atom. The minimum Gasteiger partial charge on any atom is -0.457 e. The van der Waals surface area contributed by atoms with E-state index in [1.807, 2.05) is 42.5 Å². The summed E-state index contributed by atoms with van der Waals surface area (Å²) in [5.41, 5.74) is 2.06. The fraction of sp³-hybridized carbons (Fsp3) is 0.115. The average Bonchev–Trinajstić information content (AvgIpc) is 3.24. The summed E-state index contributed by atoms with van der Waals surface area (Å²) in [4.78, 5) is 13.6. The lowest BCUT2D eigenvalue weighted by atomic mass is 10.1. The van der Waals surface area contributed by atoms with E-state index in [-0.39, 0.29) is 10.8 Å². The molecule has 1 N–H and O–H groups in total. The van der Waals surface area contributed by atoms with Crippen LogP contribution >= 0.6 is 0 Å². The van der Waals surface area contributed by atoms with Crippen molar-refractivity contribution in [2.45, 2.75) is 18.2 Å². The van der Waals surface area contributed by atoms with Gasteiger partial charge in [0.05, 0.1) is 4.90 Å². The van der Waals surface area contributed by atoms with Crippen molar-refractivity contribution in [3.8, 4) is 11.5 Å². The minimum atomic E-state index is -3.77. The Hall–Kier alpha value is -3.84. The van der Waals surface area contributed by atoms with E-state index in [1.54, 1.807) is 41.3 Å². The van der Waals surface area contributed by atoms with Gasteiger partial charge >= 0.3 is 0 Å². The fourth-order valence-electron chi connectivity index (χ4n) is 4.09. The molecule has 0 saturated heterocycles. The molecule has 0 fully saturated rings. The normalized spacial score (nSPS) is 13.1. The van der Waals surface area contributed by atoms with Crippen molar-refractivity contribution >= 4 is 38.1 Å². The average molecular weight is 459 g/mol. The van der Waals surface area contributed by atoms with Crippen LogP contribution in [0.2, 0.25) is 0 Å². The zero-order valence-electron chi connectivity index (χ0n) is 18.0. The molecular formula is C26H22N2O4S. The largest absolute Gasteiger partial charge is 0.457 e. The Morgan fingerprint density at radius 3 is 2.48 bits per heavy atom. The number of nitrogens with one attached hydrogen (secondary N) is 1. The summed E-state index contributed by atoms with van der Waals surface area (Å²) in [5.74, 6) is 1.30. The van der Waals surface area contributed by atoms with Crippen LogP contribution in [-0.4, -0.2) is 20.9 Å². The zero-order chi connectivity index (χ0) is 23.0. The smallest absolute Gasteiger partial charge is 0.261 e. The molecule has 5 rings (SSSR count). The van der Waals surface area contributed by atoms with Crippen LogP contribution in [0.1, 0.15) is 12.5 Å². The van der Waals surface area contributed by atoms with Crippen molar-refractivity contribution in [1.29, 1.82) is 0 Å². The minimum absolute atomic E-state index is 0.0479. The monoisotopic (exact) mass is 458 g/mol. The molecule has 0 radical (unpaired) electrons. The molecule has 0 spiro atoms. The topological polar surface area (TPSA) is 75.7 Å². The summed E-state index contributed by atoms with van der Waals surface area (Å²) in [7, 11) is -3.77. The lowest BCUT2D eigenvalue weighted by molar-refractivity contribution is -0.116. The molecule has 7 heteroatoms. The van der Waals surface area contributed by atoms with Crippen LogP contribution in [0.3, 0.4) is 0 Å². The summed E-state index contributed by atoms with van der Waals surface area (Å²) < 4.78 is 34.5. The third kappa shape index (κ3) is 4.15. The molecular weight excluding hydrogens is 436 g/mol. The highest BCUT2D eigenvalue weighted by molar-refractivity contribution is 7.92. The van der Waals surface area contributed by atoms with Crippen LogP contribution in [-0.2, 0) is 21.2 Å². The molecule has 0 aliphatic carbocycles. The number of carbonyl (C=O) groups excluding carboxylic acids is 1. The van der Waals surface area contributed by atoms with E-state index < -0.39 is 10.0 Å². The number of amides is 1. The molecule has 0 bridgehead atoms. The summed E-state index contributed by atoms with van der Waals surface area (Å²) >= 11 is 0. The maximum atomic E-state index is 12.9. The molecule has 1 aliphatic rings. The van der Waals surface area contributed by atoms with Crippen molar-refractivity contribution in [3.63, 3.8) is 0 Å². The SMILES string of the molecule is CC(=O)N1CCc2cc(S(=O)(=O)Nc3ccc(Oc4cccc5ccccc45)cc3)ccc21. The van der Waals surface area contributed by atoms with E-state index in [0.29, 0.717) is 24.4 Å². The molecule has 4 aromatic carbocycles. The summed E-state index contributed by atoms with van der Waals surface area (Å²) in [6.45, 7) is 2.08. The molecule has 1 heterocycles. The molecule has 1 aliphatic heterocycles. The van der Waals surface area contributed by atoms with E-state index in [9.17, 15) is 13.2 Å². The first-order valence-electron chi connectivity index (χ1n) is 10.6. The molecule has 0 atom stereocenters. The van der Waals surface area contributed by atoms with Gasteiger partial charge in [-0.1, -0.05) is 36.4 Å².